The largest absolute Gasteiger partial charge is 0.457 e. The van der Waals surface area contributed by atoms with Crippen molar-refractivity contribution in [1.82, 2.24) is 19.9 Å². The number of aromatic nitrogens is 4. The van der Waals surface area contributed by atoms with Gasteiger partial charge in [-0.1, -0.05) is 68.2 Å². The van der Waals surface area contributed by atoms with E-state index in [4.69, 9.17) is 37.3 Å². The van der Waals surface area contributed by atoms with Crippen molar-refractivity contribution in [3.63, 3.8) is 0 Å². The maximum Gasteiger partial charge on any atom is 0.374 e. The Morgan fingerprint density at radius 3 is 0.697 bits per heavy atom. The van der Waals surface area contributed by atoms with E-state index in [0.717, 1.165) is 171 Å². The van der Waals surface area contributed by atoms with Crippen molar-refractivity contribution in [3.8, 4) is 0 Å². The summed E-state index contributed by atoms with van der Waals surface area (Å²) < 4.78 is 47.7. The molecule has 24 nitrogen and oxygen atoms in total. The maximum absolute atomic E-state index is 11.8. The predicted octanol–water partition coefficient (Wildman–Crippen LogP) is 15.5. The summed E-state index contributed by atoms with van der Waals surface area (Å²) in [5.41, 5.74) is 2.09. The minimum absolute atomic E-state index is 0.254. The molecular formula is C85H150N10O14+6. The van der Waals surface area contributed by atoms with Crippen LogP contribution in [0.25, 0.3) is 0 Å². The summed E-state index contributed by atoms with van der Waals surface area (Å²) in [6.07, 6.45) is 21.7. The number of hydrogen-bond acceptors (Lipinski definition) is 14. The van der Waals surface area contributed by atoms with E-state index in [1.54, 1.807) is 97.6 Å². The molecule has 0 radical (unpaired) electrons. The number of likely N-dealkylation sites (N-methyl/N-ethyl adjacent to an activating group) is 6. The fourth-order valence-electron chi connectivity index (χ4n) is 13.4. The first-order chi connectivity index (χ1) is 52.3. The highest BCUT2D eigenvalue weighted by Gasteiger charge is 2.29. The molecule has 0 aliphatic carbocycles. The van der Waals surface area contributed by atoms with Gasteiger partial charge in [0, 0.05) is 24.8 Å². The van der Waals surface area contributed by atoms with E-state index >= 15 is 0 Å². The molecule has 0 amide bonds. The Kier molecular flexibility index (Phi) is 52.2. The summed E-state index contributed by atoms with van der Waals surface area (Å²) >= 11 is 0. The fourth-order valence-corrected chi connectivity index (χ4v) is 13.4. The van der Waals surface area contributed by atoms with E-state index in [9.17, 15) is 28.8 Å². The molecule has 0 saturated heterocycles. The minimum Gasteiger partial charge on any atom is -0.457 e. The van der Waals surface area contributed by atoms with Crippen molar-refractivity contribution >= 4 is 35.8 Å². The molecule has 0 aliphatic heterocycles. The molecule has 2 atom stereocenters. The predicted molar refractivity (Wildman–Crippen MR) is 435 cm³/mol. The summed E-state index contributed by atoms with van der Waals surface area (Å²) in [6.45, 7) is 58.1. The van der Waals surface area contributed by atoms with Crippen molar-refractivity contribution in [2.45, 2.75) is 168 Å². The van der Waals surface area contributed by atoms with Crippen LogP contribution in [-0.4, -0.2) is 281 Å². The second-order valence-corrected chi connectivity index (χ2v) is 29.2. The number of nitrogens with one attached hydrogen (secondary N) is 4. The number of hydrogen-bond donors (Lipinski definition) is 4. The van der Waals surface area contributed by atoms with Crippen LogP contribution in [0.1, 0.15) is 231 Å². The van der Waals surface area contributed by atoms with Gasteiger partial charge in [0.2, 0.25) is 11.5 Å². The highest BCUT2D eigenvalue weighted by Crippen LogP contribution is 2.17. The molecule has 2 unspecified atom stereocenters. The molecule has 6 aromatic heterocycles. The average molecular weight is 1540 g/mol. The average Bonchev–Trinajstić information content (AvgIpc) is 1.37. The number of rotatable bonds is 49. The lowest BCUT2D eigenvalue weighted by Crippen LogP contribution is -2.51. The Balaban J connectivity index is 0.000000656. The molecule has 618 valence electrons. The molecule has 6 heterocycles. The second-order valence-electron chi connectivity index (χ2n) is 29.2. The van der Waals surface area contributed by atoms with Crippen LogP contribution in [0.4, 0.5) is 0 Å². The molecule has 6 aromatic rings. The number of H-pyrrole nitrogens is 4. The number of quaternary nitrogens is 6. The maximum atomic E-state index is 11.8. The van der Waals surface area contributed by atoms with Crippen LogP contribution in [0.2, 0.25) is 0 Å². The molecule has 0 bridgehead atoms. The number of carbonyl (C=O) groups excluding carboxylic acids is 6. The number of aromatic amines is 4. The third-order valence-corrected chi connectivity index (χ3v) is 20.6. The number of nitrogens with zero attached hydrogens (tertiary/aromatic N) is 6. The van der Waals surface area contributed by atoms with Crippen LogP contribution in [0.5, 0.6) is 0 Å². The van der Waals surface area contributed by atoms with Crippen LogP contribution in [0.15, 0.2) is 119 Å². The molecule has 0 spiro atoms. The molecule has 4 N–H and O–H groups in total. The third-order valence-electron chi connectivity index (χ3n) is 20.6. The van der Waals surface area contributed by atoms with E-state index in [2.05, 4.69) is 145 Å². The highest BCUT2D eigenvalue weighted by atomic mass is 16.6. The first kappa shape index (κ1) is 99.3. The van der Waals surface area contributed by atoms with Crippen LogP contribution in [0, 0.1) is 0 Å². The molecule has 109 heavy (non-hydrogen) atoms. The third kappa shape index (κ3) is 40.2. The van der Waals surface area contributed by atoms with Gasteiger partial charge in [0.1, 0.15) is 102 Å². The number of ether oxygens (including phenoxy) is 6. The van der Waals surface area contributed by atoms with Gasteiger partial charge in [-0.15, -0.1) is 0 Å². The summed E-state index contributed by atoms with van der Waals surface area (Å²) in [5.74, 6) is -1.24. The minimum atomic E-state index is -0.368. The summed E-state index contributed by atoms with van der Waals surface area (Å²) in [5, 5.41) is 0. The number of furan rings is 2. The lowest BCUT2D eigenvalue weighted by Gasteiger charge is -2.37. The first-order valence-electron chi connectivity index (χ1n) is 41.0. The van der Waals surface area contributed by atoms with Gasteiger partial charge in [-0.25, -0.2) is 28.8 Å². The van der Waals surface area contributed by atoms with Crippen LogP contribution in [0.3, 0.4) is 0 Å². The van der Waals surface area contributed by atoms with Crippen LogP contribution < -0.4 is 0 Å². The summed E-state index contributed by atoms with van der Waals surface area (Å²) in [4.78, 5) is 81.3. The molecule has 24 heteroatoms. The number of esters is 6. The zero-order chi connectivity index (χ0) is 81.3. The fraction of sp³-hybridized carbons (Fsp3) is 0.647. The zero-order valence-electron chi connectivity index (χ0n) is 71.0. The van der Waals surface area contributed by atoms with Gasteiger partial charge >= 0.3 is 35.8 Å². The quantitative estimate of drug-likeness (QED) is 0.0158. The summed E-state index contributed by atoms with van der Waals surface area (Å²) in [6, 6.07) is 20.7. The van der Waals surface area contributed by atoms with E-state index in [1.165, 1.54) is 70.6 Å². The monoisotopic (exact) mass is 1540 g/mol. The lowest BCUT2D eigenvalue weighted by atomic mass is 10.2. The second kappa shape index (κ2) is 57.3. The van der Waals surface area contributed by atoms with E-state index in [1.807, 2.05) is 0 Å². The van der Waals surface area contributed by atoms with Gasteiger partial charge in [0.05, 0.1) is 132 Å². The molecular weight excluding hydrogens is 1380 g/mol. The lowest BCUT2D eigenvalue weighted by molar-refractivity contribution is -0.926. The Hall–Kier alpha value is -7.74. The van der Waals surface area contributed by atoms with Gasteiger partial charge in [-0.05, 0) is 173 Å². The Labute approximate surface area is 656 Å². The molecule has 6 rings (SSSR count). The van der Waals surface area contributed by atoms with E-state index < -0.39 is 0 Å². The number of unbranched alkanes of at least 4 members (excludes halogenated alkanes) is 2. The standard InChI is InChI=1S/C16H28N2O2.C16H28NO3.C15H26N2O2.C15H26NO3.C13H22N2O2.C10H16N2O2/c1-4-7-12-18(6-3,11-5-2)13-14-20-16(19)15-9-8-10-17-15;1-4-7-11-17(6-3,10-5-2)12-14-20-16(18)15-9-8-13-19-15;1-4-10-17(6-3,11-5-2)12-13-19-15(18)14-8-7-9-16-14;1-4-9-16(6-3,10-5-2)11-13-19-15(17)14-8-7-12-18-14;1-4-15(5-2,6-3)10-11-17-13(16)12-8-7-9-14-12;1-12(2,3)7-8-14-10(13)9-5-4-6-11-9/h8-10H,4-7,11-14H2,1-3H3;8-9,13H,4-7,10-12,14H2,1-3H3;7-9H,4-6,10-13H2,1-3H3;7-8,12H,4-6,9-11,13H2,1-3H3;7-9H,4-6,10-11H2,1-3H3;4-6H,7-8H2,1-3H3/q;+1;;+1;;/p+4. The van der Waals surface area contributed by atoms with Crippen molar-refractivity contribution in [2.75, 3.05) is 198 Å². The normalized spacial score (nSPS) is 12.4. The molecule has 0 aromatic carbocycles. The van der Waals surface area contributed by atoms with Gasteiger partial charge in [-0.2, -0.15) is 0 Å². The van der Waals surface area contributed by atoms with E-state index in [0.29, 0.717) is 62.4 Å². The SMILES string of the molecule is CCCC[N+](CC)(CCC)CCOC(=O)c1ccc[nH]1.CCCC[N+](CC)(CCC)CCOC(=O)c1ccco1.CCC[N+](CC)(CCC)CCOC(=O)c1ccc[nH]1.CCC[N+](CC)(CCC)CCOC(=O)c1ccco1.CC[N+](CC)(CC)CCOC(=O)c1ccc[nH]1.C[N+](C)(C)CCOC(=O)c1ccc[nH]1. The zero-order valence-corrected chi connectivity index (χ0v) is 71.0. The smallest absolute Gasteiger partial charge is 0.374 e. The van der Waals surface area contributed by atoms with Crippen molar-refractivity contribution < 1.29 is 92.9 Å². The number of carbonyl (C=O) groups is 6. The molecule has 0 saturated carbocycles. The van der Waals surface area contributed by atoms with Crippen molar-refractivity contribution in [3.05, 3.63) is 144 Å². The van der Waals surface area contributed by atoms with Gasteiger partial charge in [0.25, 0.3) is 0 Å². The topological polar surface area (TPSA) is 247 Å². The van der Waals surface area contributed by atoms with Crippen molar-refractivity contribution in [1.29, 1.82) is 0 Å². The Bertz CT molecular complexity index is 3010. The van der Waals surface area contributed by atoms with Crippen LogP contribution in [-0.2, 0) is 28.4 Å². The van der Waals surface area contributed by atoms with Gasteiger partial charge in [0.15, 0.2) is 0 Å². The first-order valence-corrected chi connectivity index (χ1v) is 41.0. The summed E-state index contributed by atoms with van der Waals surface area (Å²) in [7, 11) is 6.17. The van der Waals surface area contributed by atoms with Gasteiger partial charge < -0.3 is 84.1 Å². The molecule has 0 aliphatic rings. The highest BCUT2D eigenvalue weighted by molar-refractivity contribution is 5.89. The van der Waals surface area contributed by atoms with E-state index in [-0.39, 0.29) is 47.3 Å². The molecule has 0 fully saturated rings. The Morgan fingerprint density at radius 2 is 0.505 bits per heavy atom. The Morgan fingerprint density at radius 1 is 0.275 bits per heavy atom. The van der Waals surface area contributed by atoms with Crippen molar-refractivity contribution in [2.24, 2.45) is 0 Å². The van der Waals surface area contributed by atoms with Crippen LogP contribution >= 0.6 is 0 Å². The van der Waals surface area contributed by atoms with Gasteiger partial charge in [-0.3, -0.25) is 0 Å².